The highest BCUT2D eigenvalue weighted by molar-refractivity contribution is 5.40. The van der Waals surface area contributed by atoms with Gasteiger partial charge in [-0.3, -0.25) is 0 Å². The van der Waals surface area contributed by atoms with E-state index in [0.29, 0.717) is 30.0 Å². The van der Waals surface area contributed by atoms with Gasteiger partial charge in [-0.05, 0) is 30.7 Å². The molecule has 0 saturated carbocycles. The van der Waals surface area contributed by atoms with Crippen molar-refractivity contribution in [2.75, 3.05) is 6.54 Å². The second kappa shape index (κ2) is 6.17. The third-order valence-electron chi connectivity index (χ3n) is 3.62. The van der Waals surface area contributed by atoms with Crippen molar-refractivity contribution in [3.05, 3.63) is 18.3 Å². The predicted molar refractivity (Wildman–Crippen MR) is 76.8 cm³/mol. The minimum absolute atomic E-state index is 0.239. The van der Waals surface area contributed by atoms with Crippen LogP contribution < -0.4 is 5.73 Å². The van der Waals surface area contributed by atoms with Gasteiger partial charge in [0, 0.05) is 18.8 Å². The van der Waals surface area contributed by atoms with Crippen LogP contribution in [0.3, 0.4) is 0 Å². The molecule has 0 aliphatic carbocycles. The van der Waals surface area contributed by atoms with Crippen LogP contribution in [0.2, 0.25) is 0 Å². The van der Waals surface area contributed by atoms with E-state index in [1.54, 1.807) is 12.4 Å². The molecule has 0 aliphatic rings. The molecule has 0 aliphatic heterocycles. The molecule has 1 atom stereocenters. The number of hydrogen-bond acceptors (Lipinski definition) is 5. The third kappa shape index (κ3) is 3.66. The second-order valence-electron chi connectivity index (χ2n) is 6.13. The average Bonchev–Trinajstić information content (AvgIpc) is 3.03. The Kier molecular flexibility index (Phi) is 4.54. The Bertz CT molecular complexity index is 512. The lowest BCUT2D eigenvalue weighted by atomic mass is 9.76. The molecule has 6 heteroatoms. The average molecular weight is 277 g/mol. The summed E-state index contributed by atoms with van der Waals surface area (Å²) in [5.74, 6) is 2.35. The standard InChI is InChI=1S/C14H23N5O/c1-14(2,3)10(6-7-15)4-5-11-18-13(19-20-11)12-16-8-9-17-12/h8-10H,4-7,15H2,1-3H3,(H,16,17). The lowest BCUT2D eigenvalue weighted by Gasteiger charge is -2.30. The van der Waals surface area contributed by atoms with E-state index in [9.17, 15) is 0 Å². The number of hydrogen-bond donors (Lipinski definition) is 2. The van der Waals surface area contributed by atoms with Gasteiger partial charge in [0.1, 0.15) is 0 Å². The molecule has 1 unspecified atom stereocenters. The van der Waals surface area contributed by atoms with Gasteiger partial charge in [-0.1, -0.05) is 25.9 Å². The van der Waals surface area contributed by atoms with Gasteiger partial charge >= 0.3 is 0 Å². The molecule has 2 rings (SSSR count). The summed E-state index contributed by atoms with van der Waals surface area (Å²) in [4.78, 5) is 11.4. The summed E-state index contributed by atoms with van der Waals surface area (Å²) in [6.07, 6.45) is 6.20. The molecule has 3 N–H and O–H groups in total. The first-order valence-corrected chi connectivity index (χ1v) is 7.03. The number of aryl methyl sites for hydroxylation is 1. The fourth-order valence-electron chi connectivity index (χ4n) is 2.35. The summed E-state index contributed by atoms with van der Waals surface area (Å²) in [7, 11) is 0. The second-order valence-corrected chi connectivity index (χ2v) is 6.13. The van der Waals surface area contributed by atoms with Crippen LogP contribution in [-0.4, -0.2) is 26.7 Å². The molecule has 2 aromatic rings. The van der Waals surface area contributed by atoms with E-state index in [-0.39, 0.29) is 5.41 Å². The van der Waals surface area contributed by atoms with E-state index in [0.717, 1.165) is 19.3 Å². The predicted octanol–water partition coefficient (Wildman–Crippen LogP) is 2.40. The number of imidazole rings is 1. The molecule has 2 heterocycles. The first kappa shape index (κ1) is 14.7. The molecular formula is C14H23N5O. The molecule has 0 saturated heterocycles. The van der Waals surface area contributed by atoms with E-state index in [4.69, 9.17) is 10.3 Å². The highest BCUT2D eigenvalue weighted by atomic mass is 16.5. The summed E-state index contributed by atoms with van der Waals surface area (Å²) in [5, 5.41) is 3.94. The van der Waals surface area contributed by atoms with Crippen molar-refractivity contribution in [1.82, 2.24) is 20.1 Å². The summed E-state index contributed by atoms with van der Waals surface area (Å²) in [5.41, 5.74) is 5.94. The maximum atomic E-state index is 5.70. The smallest absolute Gasteiger partial charge is 0.238 e. The Morgan fingerprint density at radius 2 is 2.15 bits per heavy atom. The van der Waals surface area contributed by atoms with Crippen molar-refractivity contribution in [2.45, 2.75) is 40.0 Å². The summed E-state index contributed by atoms with van der Waals surface area (Å²) >= 11 is 0. The van der Waals surface area contributed by atoms with Gasteiger partial charge in [-0.15, -0.1) is 0 Å². The molecule has 2 aromatic heterocycles. The van der Waals surface area contributed by atoms with Crippen LogP contribution in [0.5, 0.6) is 0 Å². The number of nitrogens with zero attached hydrogens (tertiary/aromatic N) is 3. The number of aromatic nitrogens is 4. The maximum Gasteiger partial charge on any atom is 0.238 e. The van der Waals surface area contributed by atoms with E-state index in [1.807, 2.05) is 0 Å². The summed E-state index contributed by atoms with van der Waals surface area (Å²) < 4.78 is 5.28. The number of nitrogens with two attached hydrogens (primary N) is 1. The van der Waals surface area contributed by atoms with E-state index in [1.165, 1.54) is 0 Å². The van der Waals surface area contributed by atoms with Crippen LogP contribution in [0.15, 0.2) is 16.9 Å². The normalized spacial score (nSPS) is 13.6. The summed E-state index contributed by atoms with van der Waals surface area (Å²) in [6, 6.07) is 0. The molecule has 110 valence electrons. The van der Waals surface area contributed by atoms with E-state index < -0.39 is 0 Å². The van der Waals surface area contributed by atoms with Crippen LogP contribution in [0.4, 0.5) is 0 Å². The van der Waals surface area contributed by atoms with Crippen molar-refractivity contribution in [2.24, 2.45) is 17.1 Å². The Labute approximate surface area is 119 Å². The van der Waals surface area contributed by atoms with Crippen molar-refractivity contribution in [3.8, 4) is 11.6 Å². The molecule has 0 amide bonds. The van der Waals surface area contributed by atoms with Gasteiger partial charge < -0.3 is 15.2 Å². The largest absolute Gasteiger partial charge is 0.342 e. The highest BCUT2D eigenvalue weighted by Crippen LogP contribution is 2.32. The van der Waals surface area contributed by atoms with Crippen LogP contribution in [0.1, 0.15) is 39.5 Å². The number of rotatable bonds is 6. The van der Waals surface area contributed by atoms with Gasteiger partial charge in [0.15, 0.2) is 5.82 Å². The number of aromatic amines is 1. The third-order valence-corrected chi connectivity index (χ3v) is 3.62. The molecule has 0 aromatic carbocycles. The van der Waals surface area contributed by atoms with Gasteiger partial charge in [0.25, 0.3) is 0 Å². The van der Waals surface area contributed by atoms with Crippen molar-refractivity contribution >= 4 is 0 Å². The molecule has 0 fully saturated rings. The minimum Gasteiger partial charge on any atom is -0.342 e. The first-order chi connectivity index (χ1) is 9.50. The molecule has 0 spiro atoms. The molecule has 20 heavy (non-hydrogen) atoms. The van der Waals surface area contributed by atoms with Crippen molar-refractivity contribution in [3.63, 3.8) is 0 Å². The quantitative estimate of drug-likeness (QED) is 0.845. The Hall–Kier alpha value is -1.69. The zero-order chi connectivity index (χ0) is 14.6. The van der Waals surface area contributed by atoms with Gasteiger partial charge in [-0.2, -0.15) is 4.98 Å². The van der Waals surface area contributed by atoms with Crippen molar-refractivity contribution < 1.29 is 4.52 Å². The minimum atomic E-state index is 0.239. The zero-order valence-corrected chi connectivity index (χ0v) is 12.4. The number of H-pyrrole nitrogens is 1. The Morgan fingerprint density at radius 1 is 1.35 bits per heavy atom. The Morgan fingerprint density at radius 3 is 2.75 bits per heavy atom. The van der Waals surface area contributed by atoms with Crippen molar-refractivity contribution in [1.29, 1.82) is 0 Å². The number of nitrogens with one attached hydrogen (secondary N) is 1. The van der Waals surface area contributed by atoms with E-state index >= 15 is 0 Å². The maximum absolute atomic E-state index is 5.70. The highest BCUT2D eigenvalue weighted by Gasteiger charge is 2.24. The van der Waals surface area contributed by atoms with Crippen LogP contribution in [0, 0.1) is 11.3 Å². The van der Waals surface area contributed by atoms with Gasteiger partial charge in [-0.25, -0.2) is 4.98 Å². The van der Waals surface area contributed by atoms with Gasteiger partial charge in [0.05, 0.1) is 0 Å². The van der Waals surface area contributed by atoms with Crippen LogP contribution >= 0.6 is 0 Å². The van der Waals surface area contributed by atoms with Crippen LogP contribution in [0.25, 0.3) is 11.6 Å². The molecule has 0 radical (unpaired) electrons. The summed E-state index contributed by atoms with van der Waals surface area (Å²) in [6.45, 7) is 7.45. The van der Waals surface area contributed by atoms with Gasteiger partial charge in [0.2, 0.25) is 11.7 Å². The fourth-order valence-corrected chi connectivity index (χ4v) is 2.35. The Balaban J connectivity index is 1.97. The monoisotopic (exact) mass is 277 g/mol. The molecular weight excluding hydrogens is 254 g/mol. The lowest BCUT2D eigenvalue weighted by Crippen LogP contribution is -2.24. The zero-order valence-electron chi connectivity index (χ0n) is 12.4. The lowest BCUT2D eigenvalue weighted by molar-refractivity contribution is 0.208. The first-order valence-electron chi connectivity index (χ1n) is 7.03. The molecule has 0 bridgehead atoms. The van der Waals surface area contributed by atoms with Crippen LogP contribution in [-0.2, 0) is 6.42 Å². The van der Waals surface area contributed by atoms with E-state index in [2.05, 4.69) is 40.9 Å². The molecule has 6 nitrogen and oxygen atoms in total. The SMILES string of the molecule is CC(C)(C)C(CCN)CCc1nc(-c2ncc[nH]2)no1. The topological polar surface area (TPSA) is 93.6 Å². The fraction of sp³-hybridized carbons (Fsp3) is 0.643.